The maximum Gasteiger partial charge on any atom is 0.125 e. The predicted molar refractivity (Wildman–Crippen MR) is 61.8 cm³/mol. The summed E-state index contributed by atoms with van der Waals surface area (Å²) in [5.41, 5.74) is 2.45. The molecule has 0 fully saturated rings. The van der Waals surface area contributed by atoms with Gasteiger partial charge < -0.3 is 9.47 Å². The summed E-state index contributed by atoms with van der Waals surface area (Å²) in [7, 11) is 3.35. The molecule has 0 saturated heterocycles. The molecule has 0 heterocycles. The molecule has 1 rings (SSSR count). The van der Waals surface area contributed by atoms with Gasteiger partial charge in [0.15, 0.2) is 0 Å². The van der Waals surface area contributed by atoms with Crippen LogP contribution in [0.3, 0.4) is 0 Å². The Morgan fingerprint density at radius 3 is 2.43 bits per heavy atom. The third-order valence-corrected chi connectivity index (χ3v) is 2.66. The van der Waals surface area contributed by atoms with E-state index in [1.807, 2.05) is 6.07 Å². The normalized spacial score (nSPS) is 10.0. The van der Waals surface area contributed by atoms with Crippen LogP contribution in [0.2, 0.25) is 0 Å². The van der Waals surface area contributed by atoms with Gasteiger partial charge in [-0.05, 0) is 30.5 Å². The van der Waals surface area contributed by atoms with Crippen LogP contribution < -0.4 is 9.47 Å². The van der Waals surface area contributed by atoms with Crippen LogP contribution in [0.15, 0.2) is 12.1 Å². The minimum Gasteiger partial charge on any atom is -0.497 e. The van der Waals surface area contributed by atoms with Gasteiger partial charge in [0.05, 0.1) is 14.2 Å². The second-order valence-corrected chi connectivity index (χ2v) is 3.85. The first-order chi connectivity index (χ1) is 6.72. The Morgan fingerprint density at radius 2 is 1.93 bits per heavy atom. The Labute approximate surface area is 93.4 Å². The van der Waals surface area contributed by atoms with E-state index in [0.717, 1.165) is 23.2 Å². The van der Waals surface area contributed by atoms with E-state index in [4.69, 9.17) is 9.47 Å². The molecule has 0 amide bonds. The summed E-state index contributed by atoms with van der Waals surface area (Å²) in [6, 6.07) is 3.96. The lowest BCUT2D eigenvalue weighted by molar-refractivity contribution is 0.391. The summed E-state index contributed by atoms with van der Waals surface area (Å²) in [5.74, 6) is 1.74. The third-order valence-electron chi connectivity index (χ3n) is 2.26. The van der Waals surface area contributed by atoms with Gasteiger partial charge >= 0.3 is 0 Å². The number of hydrogen-bond acceptors (Lipinski definition) is 2. The zero-order valence-corrected chi connectivity index (χ0v) is 10.3. The fourth-order valence-corrected chi connectivity index (χ4v) is 1.84. The van der Waals surface area contributed by atoms with Crippen molar-refractivity contribution in [3.8, 4) is 11.5 Å². The summed E-state index contributed by atoms with van der Waals surface area (Å²) in [6.45, 7) is 2.07. The molecule has 2 nitrogen and oxygen atoms in total. The van der Waals surface area contributed by atoms with Gasteiger partial charge in [-0.25, -0.2) is 0 Å². The van der Waals surface area contributed by atoms with E-state index in [9.17, 15) is 0 Å². The SMILES string of the molecule is COc1cc(CCBr)c(C)c(OC)c1. The van der Waals surface area contributed by atoms with Crippen LogP contribution in [-0.4, -0.2) is 19.5 Å². The number of ether oxygens (including phenoxy) is 2. The Bertz CT molecular complexity index is 310. The van der Waals surface area contributed by atoms with Crippen LogP contribution in [-0.2, 0) is 6.42 Å². The molecule has 0 N–H and O–H groups in total. The quantitative estimate of drug-likeness (QED) is 0.774. The summed E-state index contributed by atoms with van der Waals surface area (Å²) in [4.78, 5) is 0. The topological polar surface area (TPSA) is 18.5 Å². The van der Waals surface area contributed by atoms with Crippen LogP contribution in [0.25, 0.3) is 0 Å². The zero-order valence-electron chi connectivity index (χ0n) is 8.76. The van der Waals surface area contributed by atoms with Crippen molar-refractivity contribution in [3.05, 3.63) is 23.3 Å². The number of benzene rings is 1. The molecule has 0 atom stereocenters. The average Bonchev–Trinajstić information content (AvgIpc) is 2.21. The smallest absolute Gasteiger partial charge is 0.125 e. The Balaban J connectivity index is 3.12. The molecule has 1 aromatic rings. The van der Waals surface area contributed by atoms with Crippen molar-refractivity contribution in [1.29, 1.82) is 0 Å². The summed E-state index contributed by atoms with van der Waals surface area (Å²) >= 11 is 3.43. The molecule has 0 radical (unpaired) electrons. The van der Waals surface area contributed by atoms with Crippen molar-refractivity contribution < 1.29 is 9.47 Å². The van der Waals surface area contributed by atoms with E-state index in [1.165, 1.54) is 11.1 Å². The molecule has 0 saturated carbocycles. The lowest BCUT2D eigenvalue weighted by Gasteiger charge is -2.12. The Morgan fingerprint density at radius 1 is 1.21 bits per heavy atom. The molecule has 1 aromatic carbocycles. The minimum atomic E-state index is 0.850. The first kappa shape index (κ1) is 11.4. The van der Waals surface area contributed by atoms with Gasteiger partial charge in [-0.1, -0.05) is 15.9 Å². The molecule has 0 bridgehead atoms. The number of aryl methyl sites for hydroxylation is 1. The van der Waals surface area contributed by atoms with Gasteiger partial charge in [0.2, 0.25) is 0 Å². The molecule has 78 valence electrons. The first-order valence-corrected chi connectivity index (χ1v) is 5.62. The van der Waals surface area contributed by atoms with Crippen molar-refractivity contribution in [3.63, 3.8) is 0 Å². The van der Waals surface area contributed by atoms with Crippen molar-refractivity contribution >= 4 is 15.9 Å². The second kappa shape index (κ2) is 5.25. The number of halogens is 1. The van der Waals surface area contributed by atoms with Crippen molar-refractivity contribution in [1.82, 2.24) is 0 Å². The third kappa shape index (κ3) is 2.41. The summed E-state index contributed by atoms with van der Waals surface area (Å²) in [5, 5.41) is 0.949. The first-order valence-electron chi connectivity index (χ1n) is 4.50. The van der Waals surface area contributed by atoms with Crippen molar-refractivity contribution in [2.45, 2.75) is 13.3 Å². The van der Waals surface area contributed by atoms with Crippen LogP contribution >= 0.6 is 15.9 Å². The van der Waals surface area contributed by atoms with Gasteiger partial charge in [0, 0.05) is 11.4 Å². The summed E-state index contributed by atoms with van der Waals surface area (Å²) in [6.07, 6.45) is 0.986. The highest BCUT2D eigenvalue weighted by molar-refractivity contribution is 9.09. The monoisotopic (exact) mass is 258 g/mol. The fraction of sp³-hybridized carbons (Fsp3) is 0.455. The molecule has 0 aliphatic carbocycles. The highest BCUT2D eigenvalue weighted by Gasteiger charge is 2.07. The van der Waals surface area contributed by atoms with E-state index < -0.39 is 0 Å². The van der Waals surface area contributed by atoms with E-state index >= 15 is 0 Å². The molecule has 0 aliphatic rings. The predicted octanol–water partition coefficient (Wildman–Crippen LogP) is 2.95. The molecule has 3 heteroatoms. The molecule has 0 spiro atoms. The number of methoxy groups -OCH3 is 2. The molecule has 0 aromatic heterocycles. The van der Waals surface area contributed by atoms with E-state index in [2.05, 4.69) is 28.9 Å². The van der Waals surface area contributed by atoms with E-state index in [-0.39, 0.29) is 0 Å². The average molecular weight is 259 g/mol. The van der Waals surface area contributed by atoms with Gasteiger partial charge in [-0.15, -0.1) is 0 Å². The van der Waals surface area contributed by atoms with Crippen molar-refractivity contribution in [2.24, 2.45) is 0 Å². The number of alkyl halides is 1. The molecule has 14 heavy (non-hydrogen) atoms. The van der Waals surface area contributed by atoms with E-state index in [1.54, 1.807) is 14.2 Å². The molecule has 0 unspecified atom stereocenters. The fourth-order valence-electron chi connectivity index (χ4n) is 1.41. The van der Waals surface area contributed by atoms with Gasteiger partial charge in [0.25, 0.3) is 0 Å². The molecular weight excluding hydrogens is 244 g/mol. The van der Waals surface area contributed by atoms with Crippen molar-refractivity contribution in [2.75, 3.05) is 19.5 Å². The molecular formula is C11H15BrO2. The van der Waals surface area contributed by atoms with Gasteiger partial charge in [-0.2, -0.15) is 0 Å². The Hall–Kier alpha value is -0.700. The lowest BCUT2D eigenvalue weighted by atomic mass is 10.1. The maximum atomic E-state index is 5.28. The maximum absolute atomic E-state index is 5.28. The highest BCUT2D eigenvalue weighted by atomic mass is 79.9. The van der Waals surface area contributed by atoms with Crippen LogP contribution in [0, 0.1) is 6.92 Å². The Kier molecular flexibility index (Phi) is 4.26. The summed E-state index contributed by atoms with van der Waals surface area (Å²) < 4.78 is 10.5. The number of rotatable bonds is 4. The van der Waals surface area contributed by atoms with Gasteiger partial charge in [0.1, 0.15) is 11.5 Å². The van der Waals surface area contributed by atoms with Crippen LogP contribution in [0.1, 0.15) is 11.1 Å². The minimum absolute atomic E-state index is 0.850. The zero-order chi connectivity index (χ0) is 10.6. The number of hydrogen-bond donors (Lipinski definition) is 0. The molecule has 0 aliphatic heterocycles. The van der Waals surface area contributed by atoms with Gasteiger partial charge in [-0.3, -0.25) is 0 Å². The highest BCUT2D eigenvalue weighted by Crippen LogP contribution is 2.28. The van der Waals surface area contributed by atoms with Crippen LogP contribution in [0.4, 0.5) is 0 Å². The van der Waals surface area contributed by atoms with E-state index in [0.29, 0.717) is 0 Å². The second-order valence-electron chi connectivity index (χ2n) is 3.05. The largest absolute Gasteiger partial charge is 0.497 e. The standard InChI is InChI=1S/C11H15BrO2/c1-8-9(4-5-12)6-10(13-2)7-11(8)14-3/h6-7H,4-5H2,1-3H3. The van der Waals surface area contributed by atoms with Crippen LogP contribution in [0.5, 0.6) is 11.5 Å². The lowest BCUT2D eigenvalue weighted by Crippen LogP contribution is -1.96.